The molecule has 0 saturated heterocycles. The molecule has 2 N–H and O–H groups in total. The van der Waals surface area contributed by atoms with Gasteiger partial charge in [-0.3, -0.25) is 5.26 Å². The molecule has 0 bridgehead atoms. The molecule has 5 heteroatoms. The van der Waals surface area contributed by atoms with Gasteiger partial charge in [-0.1, -0.05) is 48.5 Å². The summed E-state index contributed by atoms with van der Waals surface area (Å²) >= 11 is 0. The van der Waals surface area contributed by atoms with Crippen molar-refractivity contribution in [1.82, 2.24) is 0 Å². The Morgan fingerprint density at radius 3 is 2.16 bits per heavy atom. The molecule has 2 aromatic carbocycles. The predicted octanol–water partition coefficient (Wildman–Crippen LogP) is 2.79. The molecule has 2 rings (SSSR count). The van der Waals surface area contributed by atoms with Crippen molar-refractivity contribution in [2.24, 2.45) is 0 Å². The van der Waals surface area contributed by atoms with Gasteiger partial charge < -0.3 is 4.84 Å². The Hall–Kier alpha value is -2.37. The summed E-state index contributed by atoms with van der Waals surface area (Å²) in [7, 11) is 0. The lowest BCUT2D eigenvalue weighted by Gasteiger charge is -2.13. The van der Waals surface area contributed by atoms with Gasteiger partial charge in [0.25, 0.3) is 0 Å². The molecular weight excluding hydrogens is 246 g/mol. The van der Waals surface area contributed by atoms with Crippen molar-refractivity contribution in [3.05, 3.63) is 66.2 Å². The zero-order valence-corrected chi connectivity index (χ0v) is 10.0. The third kappa shape index (κ3) is 3.54. The molecule has 0 aliphatic carbocycles. The molecule has 19 heavy (non-hydrogen) atoms. The van der Waals surface area contributed by atoms with Crippen molar-refractivity contribution in [2.45, 2.75) is 6.10 Å². The summed E-state index contributed by atoms with van der Waals surface area (Å²) in [4.78, 5) is 20.8. The third-order valence-electron chi connectivity index (χ3n) is 2.47. The first-order valence-corrected chi connectivity index (χ1v) is 5.68. The van der Waals surface area contributed by atoms with E-state index in [0.717, 1.165) is 0 Å². The van der Waals surface area contributed by atoms with Crippen LogP contribution < -0.4 is 5.48 Å². The normalized spacial score (nSPS) is 11.6. The molecule has 0 saturated carbocycles. The minimum Gasteiger partial charge on any atom is -0.340 e. The lowest BCUT2D eigenvalue weighted by molar-refractivity contribution is -0.280. The summed E-state index contributed by atoms with van der Waals surface area (Å²) in [6, 6.07) is 17.5. The summed E-state index contributed by atoms with van der Waals surface area (Å²) in [6.07, 6.45) is -1.18. The second kappa shape index (κ2) is 6.53. The summed E-state index contributed by atoms with van der Waals surface area (Å²) in [6.45, 7) is 0. The van der Waals surface area contributed by atoms with E-state index in [-0.39, 0.29) is 0 Å². The second-order valence-electron chi connectivity index (χ2n) is 3.79. The van der Waals surface area contributed by atoms with Gasteiger partial charge in [0.2, 0.25) is 6.10 Å². The number of nitrogens with one attached hydrogen (secondary N) is 1. The lowest BCUT2D eigenvalue weighted by atomic mass is 10.1. The van der Waals surface area contributed by atoms with Crippen LogP contribution in [0.5, 0.6) is 0 Å². The monoisotopic (exact) mass is 259 g/mol. The number of carbonyl (C=O) groups excluding carboxylic acids is 1. The van der Waals surface area contributed by atoms with Gasteiger partial charge in [0.1, 0.15) is 0 Å². The zero-order valence-electron chi connectivity index (χ0n) is 10.0. The fraction of sp³-hybridized carbons (Fsp3) is 0.0714. The van der Waals surface area contributed by atoms with Crippen LogP contribution in [0.3, 0.4) is 0 Å². The molecule has 0 aromatic heterocycles. The molecule has 2 aromatic rings. The van der Waals surface area contributed by atoms with E-state index in [1.807, 2.05) is 6.07 Å². The minimum absolute atomic E-state index is 0.505. The van der Waals surface area contributed by atoms with Gasteiger partial charge in [0.15, 0.2) is 0 Å². The molecule has 5 nitrogen and oxygen atoms in total. The maximum absolute atomic E-state index is 11.8. The molecule has 0 aliphatic rings. The molecule has 0 fully saturated rings. The SMILES string of the molecule is O=C(ONc1ccccc1)C(OO)c1ccccc1. The number of carbonyl (C=O) groups is 1. The van der Waals surface area contributed by atoms with Crippen molar-refractivity contribution in [2.75, 3.05) is 5.48 Å². The Bertz CT molecular complexity index is 515. The maximum atomic E-state index is 11.8. The summed E-state index contributed by atoms with van der Waals surface area (Å²) in [5, 5.41) is 8.82. The first-order chi connectivity index (χ1) is 9.31. The Balaban J connectivity index is 1.98. The van der Waals surface area contributed by atoms with E-state index in [1.165, 1.54) is 0 Å². The van der Waals surface area contributed by atoms with Crippen molar-refractivity contribution in [1.29, 1.82) is 0 Å². The number of anilines is 1. The van der Waals surface area contributed by atoms with Crippen LogP contribution in [0, 0.1) is 0 Å². The summed E-state index contributed by atoms with van der Waals surface area (Å²) in [5.74, 6) is -0.738. The number of rotatable bonds is 5. The molecule has 1 atom stereocenters. The third-order valence-corrected chi connectivity index (χ3v) is 2.47. The molecule has 0 amide bonds. The highest BCUT2D eigenvalue weighted by atomic mass is 17.1. The van der Waals surface area contributed by atoms with E-state index in [0.29, 0.717) is 11.3 Å². The van der Waals surface area contributed by atoms with Gasteiger partial charge in [0, 0.05) is 0 Å². The standard InChI is InChI=1S/C14H13NO4/c16-14(18-15-12-9-5-2-6-10-12)13(19-17)11-7-3-1-4-8-11/h1-10,13,15,17H. The highest BCUT2D eigenvalue weighted by Crippen LogP contribution is 2.18. The first kappa shape index (κ1) is 13.1. The van der Waals surface area contributed by atoms with E-state index in [9.17, 15) is 4.79 Å². The van der Waals surface area contributed by atoms with Crippen LogP contribution in [0.4, 0.5) is 5.69 Å². The van der Waals surface area contributed by atoms with Crippen LogP contribution in [0.15, 0.2) is 60.7 Å². The minimum atomic E-state index is -1.18. The van der Waals surface area contributed by atoms with Crippen LogP contribution in [-0.2, 0) is 14.5 Å². The molecule has 0 radical (unpaired) electrons. The van der Waals surface area contributed by atoms with Gasteiger partial charge in [-0.2, -0.15) is 0 Å². The number of hydrogen-bond acceptors (Lipinski definition) is 5. The van der Waals surface area contributed by atoms with Gasteiger partial charge in [-0.05, 0) is 17.7 Å². The Kier molecular flexibility index (Phi) is 4.49. The van der Waals surface area contributed by atoms with Crippen LogP contribution in [0.25, 0.3) is 0 Å². The number of para-hydroxylation sites is 1. The zero-order chi connectivity index (χ0) is 13.5. The van der Waals surface area contributed by atoms with Crippen LogP contribution in [-0.4, -0.2) is 11.2 Å². The van der Waals surface area contributed by atoms with Gasteiger partial charge >= 0.3 is 5.97 Å². The fourth-order valence-corrected chi connectivity index (χ4v) is 1.54. The quantitative estimate of drug-likeness (QED) is 0.638. The van der Waals surface area contributed by atoms with Crippen molar-refractivity contribution in [3.63, 3.8) is 0 Å². The summed E-state index contributed by atoms with van der Waals surface area (Å²) in [5.41, 5.74) is 3.62. The first-order valence-electron chi connectivity index (χ1n) is 5.68. The Morgan fingerprint density at radius 2 is 1.58 bits per heavy atom. The molecule has 0 heterocycles. The van der Waals surface area contributed by atoms with E-state index in [4.69, 9.17) is 10.1 Å². The second-order valence-corrected chi connectivity index (χ2v) is 3.79. The van der Waals surface area contributed by atoms with Crippen LogP contribution in [0.2, 0.25) is 0 Å². The molecule has 98 valence electrons. The highest BCUT2D eigenvalue weighted by Gasteiger charge is 2.23. The van der Waals surface area contributed by atoms with Crippen LogP contribution in [0.1, 0.15) is 11.7 Å². The molecule has 0 aliphatic heterocycles. The predicted molar refractivity (Wildman–Crippen MR) is 69.1 cm³/mol. The molecular formula is C14H13NO4. The molecule has 1 unspecified atom stereocenters. The Morgan fingerprint density at radius 1 is 1.00 bits per heavy atom. The lowest BCUT2D eigenvalue weighted by Crippen LogP contribution is -2.20. The van der Waals surface area contributed by atoms with Crippen molar-refractivity contribution >= 4 is 11.7 Å². The van der Waals surface area contributed by atoms with Crippen molar-refractivity contribution in [3.8, 4) is 0 Å². The van der Waals surface area contributed by atoms with E-state index in [1.54, 1.807) is 54.6 Å². The average molecular weight is 259 g/mol. The highest BCUT2D eigenvalue weighted by molar-refractivity contribution is 5.77. The number of benzene rings is 2. The van der Waals surface area contributed by atoms with Crippen LogP contribution >= 0.6 is 0 Å². The fourth-order valence-electron chi connectivity index (χ4n) is 1.54. The van der Waals surface area contributed by atoms with Gasteiger partial charge in [-0.15, -0.1) is 0 Å². The maximum Gasteiger partial charge on any atom is 0.368 e. The van der Waals surface area contributed by atoms with E-state index in [2.05, 4.69) is 10.4 Å². The smallest absolute Gasteiger partial charge is 0.340 e. The summed E-state index contributed by atoms with van der Waals surface area (Å²) < 4.78 is 0. The Labute approximate surface area is 110 Å². The van der Waals surface area contributed by atoms with E-state index < -0.39 is 12.1 Å². The molecule has 0 spiro atoms. The van der Waals surface area contributed by atoms with Gasteiger partial charge in [0.05, 0.1) is 5.69 Å². The number of hydrogen-bond donors (Lipinski definition) is 2. The van der Waals surface area contributed by atoms with E-state index >= 15 is 0 Å². The van der Waals surface area contributed by atoms with Gasteiger partial charge in [-0.25, -0.2) is 15.2 Å². The average Bonchev–Trinajstić information content (AvgIpc) is 2.48. The van der Waals surface area contributed by atoms with Crippen molar-refractivity contribution < 1.29 is 19.8 Å². The largest absolute Gasteiger partial charge is 0.368 e. The topological polar surface area (TPSA) is 67.8 Å².